The Hall–Kier alpha value is -2.41. The summed E-state index contributed by atoms with van der Waals surface area (Å²) in [6.45, 7) is 7.40. The van der Waals surface area contributed by atoms with Crippen molar-refractivity contribution in [1.29, 1.82) is 0 Å². The number of hydrogen-bond acceptors (Lipinski definition) is 5. The minimum absolute atomic E-state index is 0.0286. The van der Waals surface area contributed by atoms with Gasteiger partial charge < -0.3 is 20.3 Å². The number of aromatic nitrogens is 2. The fraction of sp³-hybridized carbons (Fsp3) is 0.471. The van der Waals surface area contributed by atoms with Gasteiger partial charge in [-0.05, 0) is 31.9 Å². The summed E-state index contributed by atoms with van der Waals surface area (Å²) in [5.41, 5.74) is -0.145. The van der Waals surface area contributed by atoms with Crippen molar-refractivity contribution in [2.75, 3.05) is 6.54 Å². The van der Waals surface area contributed by atoms with Crippen LogP contribution in [-0.2, 0) is 0 Å². The molecule has 7 nitrogen and oxygen atoms in total. The predicted octanol–water partition coefficient (Wildman–Crippen LogP) is 2.50. The van der Waals surface area contributed by atoms with Gasteiger partial charge in [0.2, 0.25) is 0 Å². The topological polar surface area (TPSA) is 100 Å². The van der Waals surface area contributed by atoms with Crippen LogP contribution in [0.4, 0.5) is 4.79 Å². The second kappa shape index (κ2) is 7.44. The van der Waals surface area contributed by atoms with Gasteiger partial charge in [-0.15, -0.1) is 0 Å². The summed E-state index contributed by atoms with van der Waals surface area (Å²) in [4.78, 5) is 16.3. The van der Waals surface area contributed by atoms with Gasteiger partial charge >= 0.3 is 6.03 Å². The average Bonchev–Trinajstić information content (AvgIpc) is 3.04. The zero-order valence-electron chi connectivity index (χ0n) is 14.4. The Bertz CT molecular complexity index is 667. The second-order valence-corrected chi connectivity index (χ2v) is 6.38. The number of urea groups is 1. The molecule has 2 aromatic rings. The van der Waals surface area contributed by atoms with E-state index in [9.17, 15) is 9.90 Å². The second-order valence-electron chi connectivity index (χ2n) is 6.38. The monoisotopic (exact) mass is 332 g/mol. The zero-order chi connectivity index (χ0) is 17.7. The summed E-state index contributed by atoms with van der Waals surface area (Å²) in [5, 5.41) is 19.4. The van der Waals surface area contributed by atoms with E-state index < -0.39 is 17.7 Å². The van der Waals surface area contributed by atoms with Crippen LogP contribution >= 0.6 is 0 Å². The minimum Gasteiger partial charge on any atom is -0.388 e. The number of rotatable bonds is 6. The minimum atomic E-state index is -0.965. The Morgan fingerprint density at radius 2 is 1.96 bits per heavy atom. The molecule has 0 aliphatic heterocycles. The van der Waals surface area contributed by atoms with Gasteiger partial charge in [0.05, 0.1) is 11.6 Å². The van der Waals surface area contributed by atoms with Crippen molar-refractivity contribution in [3.63, 3.8) is 0 Å². The Labute approximate surface area is 141 Å². The SMILES string of the molecule is CC(NC(=O)NCC(C)(O)C(C)C)c1noc(-c2ccccc2)n1. The number of nitrogens with one attached hydrogen (secondary N) is 2. The van der Waals surface area contributed by atoms with E-state index in [1.165, 1.54) is 0 Å². The van der Waals surface area contributed by atoms with Gasteiger partial charge in [-0.25, -0.2) is 4.79 Å². The first-order chi connectivity index (χ1) is 11.3. The lowest BCUT2D eigenvalue weighted by Crippen LogP contribution is -2.47. The van der Waals surface area contributed by atoms with E-state index in [-0.39, 0.29) is 12.5 Å². The summed E-state index contributed by atoms with van der Waals surface area (Å²) < 4.78 is 5.23. The van der Waals surface area contributed by atoms with Crippen molar-refractivity contribution in [3.8, 4) is 11.5 Å². The normalized spacial score (nSPS) is 14.9. The summed E-state index contributed by atoms with van der Waals surface area (Å²) >= 11 is 0. The van der Waals surface area contributed by atoms with Gasteiger partial charge in [-0.2, -0.15) is 4.98 Å². The molecule has 2 unspecified atom stereocenters. The Kier molecular flexibility index (Phi) is 5.56. The van der Waals surface area contributed by atoms with Crippen LogP contribution in [0.25, 0.3) is 11.5 Å². The van der Waals surface area contributed by atoms with Crippen molar-refractivity contribution in [2.45, 2.75) is 39.3 Å². The van der Waals surface area contributed by atoms with Gasteiger partial charge in [0.15, 0.2) is 5.82 Å². The Morgan fingerprint density at radius 3 is 2.58 bits per heavy atom. The number of nitrogens with zero attached hydrogens (tertiary/aromatic N) is 2. The van der Waals surface area contributed by atoms with Crippen molar-refractivity contribution in [1.82, 2.24) is 20.8 Å². The van der Waals surface area contributed by atoms with Crippen LogP contribution in [0.15, 0.2) is 34.9 Å². The van der Waals surface area contributed by atoms with E-state index in [1.807, 2.05) is 44.2 Å². The first kappa shape index (κ1) is 17.9. The standard InChI is InChI=1S/C17H24N4O3/c1-11(2)17(4,23)10-18-16(22)19-12(3)14-20-15(24-21-14)13-8-6-5-7-9-13/h5-9,11-12,23H,10H2,1-4H3,(H2,18,19,22). The van der Waals surface area contributed by atoms with Crippen LogP contribution in [0.5, 0.6) is 0 Å². The van der Waals surface area contributed by atoms with Gasteiger partial charge in [-0.1, -0.05) is 37.2 Å². The van der Waals surface area contributed by atoms with Gasteiger partial charge in [0.1, 0.15) is 0 Å². The highest BCUT2D eigenvalue weighted by Crippen LogP contribution is 2.19. The van der Waals surface area contributed by atoms with Crippen LogP contribution in [-0.4, -0.2) is 33.4 Å². The number of benzene rings is 1. The van der Waals surface area contributed by atoms with E-state index >= 15 is 0 Å². The third kappa shape index (κ3) is 4.55. The van der Waals surface area contributed by atoms with Crippen LogP contribution in [0, 0.1) is 5.92 Å². The molecule has 1 heterocycles. The molecule has 7 heteroatoms. The van der Waals surface area contributed by atoms with Gasteiger partial charge in [0.25, 0.3) is 5.89 Å². The van der Waals surface area contributed by atoms with Crippen molar-refractivity contribution < 1.29 is 14.4 Å². The molecule has 130 valence electrons. The number of amides is 2. The van der Waals surface area contributed by atoms with E-state index in [0.717, 1.165) is 5.56 Å². The molecule has 1 aromatic heterocycles. The summed E-state index contributed by atoms with van der Waals surface area (Å²) in [6, 6.07) is 8.60. The first-order valence-electron chi connectivity index (χ1n) is 7.95. The molecule has 3 N–H and O–H groups in total. The third-order valence-corrected chi connectivity index (χ3v) is 4.05. The molecule has 0 bridgehead atoms. The molecule has 0 aliphatic rings. The molecule has 1 aromatic carbocycles. The number of aliphatic hydroxyl groups is 1. The molecular formula is C17H24N4O3. The van der Waals surface area contributed by atoms with E-state index in [2.05, 4.69) is 20.8 Å². The van der Waals surface area contributed by atoms with Gasteiger partial charge in [0, 0.05) is 12.1 Å². The van der Waals surface area contributed by atoms with Crippen molar-refractivity contribution in [3.05, 3.63) is 36.2 Å². The average molecular weight is 332 g/mol. The fourth-order valence-corrected chi connectivity index (χ4v) is 1.88. The number of carbonyl (C=O) groups is 1. The smallest absolute Gasteiger partial charge is 0.315 e. The quantitative estimate of drug-likeness (QED) is 0.754. The molecule has 0 radical (unpaired) electrons. The van der Waals surface area contributed by atoms with E-state index in [0.29, 0.717) is 11.7 Å². The summed E-state index contributed by atoms with van der Waals surface area (Å²) in [7, 11) is 0. The maximum absolute atomic E-state index is 12.0. The number of carbonyl (C=O) groups excluding carboxylic acids is 1. The Balaban J connectivity index is 1.92. The predicted molar refractivity (Wildman–Crippen MR) is 90.1 cm³/mol. The molecule has 0 spiro atoms. The molecule has 24 heavy (non-hydrogen) atoms. The first-order valence-corrected chi connectivity index (χ1v) is 7.95. The molecule has 2 atom stereocenters. The summed E-state index contributed by atoms with van der Waals surface area (Å²) in [5.74, 6) is 0.822. The molecule has 2 rings (SSSR count). The maximum atomic E-state index is 12.0. The Morgan fingerprint density at radius 1 is 1.29 bits per heavy atom. The third-order valence-electron chi connectivity index (χ3n) is 4.05. The molecule has 0 saturated heterocycles. The molecule has 0 saturated carbocycles. The fourth-order valence-electron chi connectivity index (χ4n) is 1.88. The van der Waals surface area contributed by atoms with Crippen LogP contribution in [0.1, 0.15) is 39.6 Å². The highest BCUT2D eigenvalue weighted by Gasteiger charge is 2.26. The zero-order valence-corrected chi connectivity index (χ0v) is 14.4. The summed E-state index contributed by atoms with van der Waals surface area (Å²) in [6.07, 6.45) is 0. The van der Waals surface area contributed by atoms with Crippen molar-refractivity contribution in [2.24, 2.45) is 5.92 Å². The van der Waals surface area contributed by atoms with Crippen LogP contribution in [0.3, 0.4) is 0 Å². The lowest BCUT2D eigenvalue weighted by molar-refractivity contribution is 0.0165. The van der Waals surface area contributed by atoms with Crippen LogP contribution < -0.4 is 10.6 Å². The van der Waals surface area contributed by atoms with Gasteiger partial charge in [-0.3, -0.25) is 0 Å². The van der Waals surface area contributed by atoms with E-state index in [1.54, 1.807) is 13.8 Å². The molecule has 0 aliphatic carbocycles. The number of hydrogen-bond donors (Lipinski definition) is 3. The molecule has 0 fully saturated rings. The van der Waals surface area contributed by atoms with Crippen molar-refractivity contribution >= 4 is 6.03 Å². The lowest BCUT2D eigenvalue weighted by Gasteiger charge is -2.28. The van der Waals surface area contributed by atoms with E-state index in [4.69, 9.17) is 4.52 Å². The largest absolute Gasteiger partial charge is 0.388 e. The molecular weight excluding hydrogens is 308 g/mol. The lowest BCUT2D eigenvalue weighted by atomic mass is 9.93. The van der Waals surface area contributed by atoms with Crippen LogP contribution in [0.2, 0.25) is 0 Å². The maximum Gasteiger partial charge on any atom is 0.315 e. The molecule has 2 amide bonds. The highest BCUT2D eigenvalue weighted by molar-refractivity contribution is 5.74. The highest BCUT2D eigenvalue weighted by atomic mass is 16.5.